The summed E-state index contributed by atoms with van der Waals surface area (Å²) >= 11 is 1.67. The summed E-state index contributed by atoms with van der Waals surface area (Å²) in [5, 5.41) is 0.942. The number of hydrogen-bond donors (Lipinski definition) is 0. The molecule has 0 saturated carbocycles. The molecule has 0 fully saturated rings. The highest BCUT2D eigenvalue weighted by Crippen LogP contribution is 2.40. The number of rotatable bonds is 13. The second kappa shape index (κ2) is 13.3. The van der Waals surface area contributed by atoms with Gasteiger partial charge in [0.25, 0.3) is 0 Å². The van der Waals surface area contributed by atoms with Gasteiger partial charge in [0.1, 0.15) is 22.9 Å². The zero-order valence-corrected chi connectivity index (χ0v) is 22.6. The van der Waals surface area contributed by atoms with Crippen molar-refractivity contribution >= 4 is 27.6 Å². The van der Waals surface area contributed by atoms with Gasteiger partial charge in [-0.3, -0.25) is 0 Å². The SMILES string of the molecule is CCCCCCCCC(C)=Cc1ccc2sc(-c3ccccc3OCc3ccccc3)nc2c1OC. The number of para-hydroxylation sites is 1. The van der Waals surface area contributed by atoms with Gasteiger partial charge in [0.05, 0.1) is 17.4 Å². The predicted molar refractivity (Wildman–Crippen MR) is 154 cm³/mol. The van der Waals surface area contributed by atoms with E-state index in [9.17, 15) is 0 Å². The minimum Gasteiger partial charge on any atom is -0.494 e. The molecule has 0 aliphatic heterocycles. The third kappa shape index (κ3) is 6.76. The number of allylic oxidation sites excluding steroid dienone is 1. The fourth-order valence-corrected chi connectivity index (χ4v) is 5.45. The normalized spacial score (nSPS) is 11.7. The highest BCUT2D eigenvalue weighted by molar-refractivity contribution is 7.21. The second-order valence-electron chi connectivity index (χ2n) is 9.33. The van der Waals surface area contributed by atoms with Gasteiger partial charge in [-0.05, 0) is 49.6 Å². The third-order valence-corrected chi connectivity index (χ3v) is 7.48. The Balaban J connectivity index is 1.53. The van der Waals surface area contributed by atoms with Crippen LogP contribution < -0.4 is 9.47 Å². The lowest BCUT2D eigenvalue weighted by atomic mass is 10.0. The Hall–Kier alpha value is -3.11. The zero-order valence-electron chi connectivity index (χ0n) is 21.8. The van der Waals surface area contributed by atoms with Crippen LogP contribution >= 0.6 is 11.3 Å². The Bertz CT molecular complexity index is 1280. The van der Waals surface area contributed by atoms with Crippen molar-refractivity contribution < 1.29 is 9.47 Å². The van der Waals surface area contributed by atoms with E-state index >= 15 is 0 Å². The maximum absolute atomic E-state index is 6.20. The number of methoxy groups -OCH3 is 1. The molecule has 1 heterocycles. The van der Waals surface area contributed by atoms with E-state index in [-0.39, 0.29) is 0 Å². The Kier molecular flexibility index (Phi) is 9.57. The van der Waals surface area contributed by atoms with Gasteiger partial charge < -0.3 is 9.47 Å². The third-order valence-electron chi connectivity index (χ3n) is 6.43. The number of aromatic nitrogens is 1. The molecule has 3 nitrogen and oxygen atoms in total. The van der Waals surface area contributed by atoms with Crippen molar-refractivity contribution in [3.8, 4) is 22.1 Å². The molecule has 0 N–H and O–H groups in total. The molecular weight excluding hydrogens is 462 g/mol. The summed E-state index contributed by atoms with van der Waals surface area (Å²) in [6.07, 6.45) is 11.3. The summed E-state index contributed by atoms with van der Waals surface area (Å²) in [7, 11) is 1.74. The first-order valence-corrected chi connectivity index (χ1v) is 13.9. The van der Waals surface area contributed by atoms with E-state index in [2.05, 4.69) is 50.3 Å². The monoisotopic (exact) mass is 499 g/mol. The van der Waals surface area contributed by atoms with Crippen molar-refractivity contribution in [1.82, 2.24) is 4.98 Å². The summed E-state index contributed by atoms with van der Waals surface area (Å²) in [5.74, 6) is 1.69. The Morgan fingerprint density at radius 2 is 1.64 bits per heavy atom. The predicted octanol–water partition coefficient (Wildman–Crippen LogP) is 9.70. The maximum atomic E-state index is 6.20. The molecule has 0 saturated heterocycles. The fraction of sp³-hybridized carbons (Fsp3) is 0.344. The second-order valence-corrected chi connectivity index (χ2v) is 10.4. The molecule has 188 valence electrons. The van der Waals surface area contributed by atoms with Crippen LogP contribution in [0.4, 0.5) is 0 Å². The topological polar surface area (TPSA) is 31.4 Å². The first-order chi connectivity index (χ1) is 17.7. The highest BCUT2D eigenvalue weighted by Gasteiger charge is 2.16. The minimum absolute atomic E-state index is 0.527. The maximum Gasteiger partial charge on any atom is 0.153 e. The van der Waals surface area contributed by atoms with Crippen LogP contribution in [0, 0.1) is 0 Å². The molecule has 0 aliphatic rings. The number of benzene rings is 3. The van der Waals surface area contributed by atoms with E-state index in [1.165, 1.54) is 44.1 Å². The summed E-state index contributed by atoms with van der Waals surface area (Å²) in [6.45, 7) is 5.02. The summed E-state index contributed by atoms with van der Waals surface area (Å²) in [6, 6.07) is 22.7. The number of ether oxygens (including phenoxy) is 2. The zero-order chi connectivity index (χ0) is 25.2. The van der Waals surface area contributed by atoms with E-state index in [1.807, 2.05) is 36.4 Å². The molecule has 0 spiro atoms. The molecule has 0 amide bonds. The Morgan fingerprint density at radius 3 is 2.44 bits per heavy atom. The van der Waals surface area contributed by atoms with E-state index in [4.69, 9.17) is 14.5 Å². The average molecular weight is 500 g/mol. The van der Waals surface area contributed by atoms with Gasteiger partial charge in [-0.15, -0.1) is 11.3 Å². The largest absolute Gasteiger partial charge is 0.494 e. The standard InChI is InChI=1S/C32H37NO2S/c1-4-5-6-7-8-10-15-24(2)22-26-20-21-29-30(31(26)34-3)33-32(36-29)27-18-13-14-19-28(27)35-23-25-16-11-9-12-17-25/h9,11-14,16-22H,4-8,10,15,23H2,1-3H3. The van der Waals surface area contributed by atoms with Crippen LogP contribution in [0.2, 0.25) is 0 Å². The Labute approximate surface area is 219 Å². The number of thiazole rings is 1. The molecular formula is C32H37NO2S. The fourth-order valence-electron chi connectivity index (χ4n) is 4.46. The molecule has 0 atom stereocenters. The van der Waals surface area contributed by atoms with Crippen molar-refractivity contribution in [2.24, 2.45) is 0 Å². The summed E-state index contributed by atoms with van der Waals surface area (Å²) in [5.41, 5.74) is 5.55. The number of fused-ring (bicyclic) bond motifs is 1. The molecule has 0 radical (unpaired) electrons. The molecule has 36 heavy (non-hydrogen) atoms. The lowest BCUT2D eigenvalue weighted by Gasteiger charge is -2.10. The van der Waals surface area contributed by atoms with Crippen molar-refractivity contribution in [1.29, 1.82) is 0 Å². The molecule has 4 rings (SSSR count). The van der Waals surface area contributed by atoms with Crippen molar-refractivity contribution in [3.05, 3.63) is 83.4 Å². The Morgan fingerprint density at radius 1 is 0.889 bits per heavy atom. The average Bonchev–Trinajstić information content (AvgIpc) is 3.34. The van der Waals surface area contributed by atoms with E-state index in [0.29, 0.717) is 6.61 Å². The van der Waals surface area contributed by atoms with Crippen LogP contribution in [0.1, 0.15) is 69.9 Å². The van der Waals surface area contributed by atoms with Gasteiger partial charge in [-0.2, -0.15) is 0 Å². The van der Waals surface area contributed by atoms with E-state index < -0.39 is 0 Å². The summed E-state index contributed by atoms with van der Waals surface area (Å²) < 4.78 is 13.2. The number of nitrogens with zero attached hydrogens (tertiary/aromatic N) is 1. The van der Waals surface area contributed by atoms with Gasteiger partial charge in [-0.1, -0.05) is 93.1 Å². The van der Waals surface area contributed by atoms with Gasteiger partial charge in [-0.25, -0.2) is 4.98 Å². The first kappa shape index (κ1) is 26.0. The van der Waals surface area contributed by atoms with Gasteiger partial charge in [0.2, 0.25) is 0 Å². The van der Waals surface area contributed by atoms with Gasteiger partial charge >= 0.3 is 0 Å². The molecule has 3 aromatic carbocycles. The van der Waals surface area contributed by atoms with Crippen LogP contribution in [0.25, 0.3) is 26.9 Å². The van der Waals surface area contributed by atoms with Crippen molar-refractivity contribution in [2.75, 3.05) is 7.11 Å². The summed E-state index contributed by atoms with van der Waals surface area (Å²) in [4.78, 5) is 5.03. The quantitative estimate of drug-likeness (QED) is 0.172. The smallest absolute Gasteiger partial charge is 0.153 e. The lowest BCUT2D eigenvalue weighted by Crippen LogP contribution is -1.96. The van der Waals surface area contributed by atoms with Crippen LogP contribution in [0.3, 0.4) is 0 Å². The van der Waals surface area contributed by atoms with Crippen molar-refractivity contribution in [2.45, 2.75) is 65.4 Å². The molecule has 0 unspecified atom stereocenters. The first-order valence-electron chi connectivity index (χ1n) is 13.1. The highest BCUT2D eigenvalue weighted by atomic mass is 32.1. The molecule has 0 bridgehead atoms. The molecule has 4 heteroatoms. The minimum atomic E-state index is 0.527. The van der Waals surface area contributed by atoms with Crippen LogP contribution in [-0.2, 0) is 6.61 Å². The number of hydrogen-bond acceptors (Lipinski definition) is 4. The molecule has 4 aromatic rings. The number of unbranched alkanes of at least 4 members (excludes halogenated alkanes) is 5. The van der Waals surface area contributed by atoms with E-state index in [0.717, 1.165) is 49.8 Å². The van der Waals surface area contributed by atoms with Crippen LogP contribution in [-0.4, -0.2) is 12.1 Å². The van der Waals surface area contributed by atoms with Crippen molar-refractivity contribution in [3.63, 3.8) is 0 Å². The van der Waals surface area contributed by atoms with Gasteiger partial charge in [0, 0.05) is 5.56 Å². The lowest BCUT2D eigenvalue weighted by molar-refractivity contribution is 0.307. The van der Waals surface area contributed by atoms with Crippen LogP contribution in [0.5, 0.6) is 11.5 Å². The van der Waals surface area contributed by atoms with Crippen LogP contribution in [0.15, 0.2) is 72.3 Å². The molecule has 1 aromatic heterocycles. The van der Waals surface area contributed by atoms with Gasteiger partial charge in [0.15, 0.2) is 5.75 Å². The van der Waals surface area contributed by atoms with E-state index in [1.54, 1.807) is 18.4 Å². The molecule has 0 aliphatic carbocycles.